The number of ether oxygens (including phenoxy) is 3. The molecule has 4 rings (SSSR count). The average molecular weight is 344 g/mol. The Morgan fingerprint density at radius 1 is 1.16 bits per heavy atom. The number of hydrogen-bond donors (Lipinski definition) is 0. The zero-order valence-corrected chi connectivity index (χ0v) is 14.4. The van der Waals surface area contributed by atoms with Crippen LogP contribution in [0.2, 0.25) is 0 Å². The first-order valence-corrected chi connectivity index (χ1v) is 8.35. The van der Waals surface area contributed by atoms with Gasteiger partial charge in [-0.05, 0) is 13.0 Å². The lowest BCUT2D eigenvalue weighted by atomic mass is 9.78. The van der Waals surface area contributed by atoms with Crippen molar-refractivity contribution in [1.29, 1.82) is 0 Å². The molecule has 0 spiro atoms. The van der Waals surface area contributed by atoms with E-state index in [1.54, 1.807) is 7.05 Å². The first-order valence-electron chi connectivity index (χ1n) is 8.35. The maximum absolute atomic E-state index is 12.9. The van der Waals surface area contributed by atoms with Crippen molar-refractivity contribution >= 4 is 0 Å². The Balaban J connectivity index is 1.99. The molecule has 2 atom stereocenters. The molecule has 2 aromatic rings. The van der Waals surface area contributed by atoms with Crippen LogP contribution in [0.15, 0.2) is 27.8 Å². The molecule has 25 heavy (non-hydrogen) atoms. The topological polar surface area (TPSA) is 71.7 Å². The minimum atomic E-state index is -0.391. The van der Waals surface area contributed by atoms with Gasteiger partial charge in [0.15, 0.2) is 11.5 Å². The van der Waals surface area contributed by atoms with Crippen LogP contribution in [0.1, 0.15) is 24.0 Å². The van der Waals surface area contributed by atoms with Crippen molar-refractivity contribution in [2.75, 3.05) is 19.8 Å². The summed E-state index contributed by atoms with van der Waals surface area (Å²) in [5.41, 5.74) is 0.710. The maximum atomic E-state index is 12.9. The van der Waals surface area contributed by atoms with Gasteiger partial charge < -0.3 is 14.2 Å². The summed E-state index contributed by atoms with van der Waals surface area (Å²) in [6.07, 6.45) is 0. The zero-order chi connectivity index (χ0) is 17.7. The van der Waals surface area contributed by atoms with Crippen LogP contribution in [-0.2, 0) is 14.1 Å². The van der Waals surface area contributed by atoms with E-state index in [-0.39, 0.29) is 17.4 Å². The number of hydrogen-bond acceptors (Lipinski definition) is 5. The van der Waals surface area contributed by atoms with Crippen molar-refractivity contribution in [3.05, 3.63) is 50.2 Å². The van der Waals surface area contributed by atoms with Gasteiger partial charge in [-0.15, -0.1) is 0 Å². The third kappa shape index (κ3) is 2.18. The van der Waals surface area contributed by atoms with Crippen LogP contribution >= 0.6 is 0 Å². The molecule has 0 saturated heterocycles. The Labute approximate surface area is 144 Å². The molecule has 7 nitrogen and oxygen atoms in total. The average Bonchev–Trinajstić information content (AvgIpc) is 2.64. The Hall–Kier alpha value is -2.70. The summed E-state index contributed by atoms with van der Waals surface area (Å²) in [5, 5.41) is 0. The fourth-order valence-corrected chi connectivity index (χ4v) is 3.76. The van der Waals surface area contributed by atoms with Crippen LogP contribution in [0.4, 0.5) is 0 Å². The van der Waals surface area contributed by atoms with Crippen molar-refractivity contribution in [2.45, 2.75) is 12.8 Å². The van der Waals surface area contributed by atoms with Gasteiger partial charge in [-0.1, -0.05) is 12.1 Å². The van der Waals surface area contributed by atoms with E-state index in [1.165, 1.54) is 11.6 Å². The molecular weight excluding hydrogens is 324 g/mol. The highest BCUT2D eigenvalue weighted by Gasteiger charge is 2.42. The number of fused-ring (bicyclic) bond motifs is 5. The van der Waals surface area contributed by atoms with E-state index >= 15 is 0 Å². The summed E-state index contributed by atoms with van der Waals surface area (Å²) in [7, 11) is 3.11. The first-order chi connectivity index (χ1) is 12.0. The van der Waals surface area contributed by atoms with Gasteiger partial charge in [0.05, 0.1) is 25.4 Å². The zero-order valence-electron chi connectivity index (χ0n) is 14.4. The van der Waals surface area contributed by atoms with Crippen LogP contribution in [-0.4, -0.2) is 29.0 Å². The second-order valence-corrected chi connectivity index (χ2v) is 6.39. The summed E-state index contributed by atoms with van der Waals surface area (Å²) in [6, 6.07) is 5.72. The monoisotopic (exact) mass is 344 g/mol. The fraction of sp³-hybridized carbons (Fsp3) is 0.444. The van der Waals surface area contributed by atoms with Crippen molar-refractivity contribution in [1.82, 2.24) is 9.13 Å². The molecule has 2 aliphatic rings. The molecule has 3 heterocycles. The van der Waals surface area contributed by atoms with E-state index in [4.69, 9.17) is 14.2 Å². The largest absolute Gasteiger partial charge is 0.490 e. The molecule has 0 aliphatic carbocycles. The molecule has 0 fully saturated rings. The minimum absolute atomic E-state index is 0.0158. The van der Waals surface area contributed by atoms with Gasteiger partial charge in [-0.3, -0.25) is 13.9 Å². The van der Waals surface area contributed by atoms with Gasteiger partial charge in [0.25, 0.3) is 5.56 Å². The summed E-state index contributed by atoms with van der Waals surface area (Å²) in [6.45, 7) is 3.29. The van der Waals surface area contributed by atoms with Gasteiger partial charge in [0, 0.05) is 31.5 Å². The number of benzene rings is 1. The van der Waals surface area contributed by atoms with Gasteiger partial charge >= 0.3 is 5.69 Å². The number of para-hydroxylation sites is 1. The van der Waals surface area contributed by atoms with E-state index in [1.807, 2.05) is 25.1 Å². The summed E-state index contributed by atoms with van der Waals surface area (Å²) < 4.78 is 19.9. The van der Waals surface area contributed by atoms with Gasteiger partial charge in [0.2, 0.25) is 5.88 Å². The van der Waals surface area contributed by atoms with Gasteiger partial charge in [-0.2, -0.15) is 0 Å². The molecule has 1 aromatic heterocycles. The van der Waals surface area contributed by atoms with E-state index in [2.05, 4.69) is 0 Å². The predicted molar refractivity (Wildman–Crippen MR) is 90.9 cm³/mol. The molecular formula is C18H20N2O5. The minimum Gasteiger partial charge on any atom is -0.490 e. The van der Waals surface area contributed by atoms with Crippen LogP contribution < -0.4 is 25.5 Å². The second kappa shape index (κ2) is 5.68. The van der Waals surface area contributed by atoms with Gasteiger partial charge in [0.1, 0.15) is 0 Å². The lowest BCUT2D eigenvalue weighted by Gasteiger charge is -2.38. The Kier molecular flexibility index (Phi) is 3.59. The molecule has 132 valence electrons. The van der Waals surface area contributed by atoms with Crippen LogP contribution in [0.25, 0.3) is 0 Å². The Morgan fingerprint density at radius 2 is 1.92 bits per heavy atom. The van der Waals surface area contributed by atoms with Gasteiger partial charge in [-0.25, -0.2) is 4.79 Å². The lowest BCUT2D eigenvalue weighted by molar-refractivity contribution is 0.112. The smallest absolute Gasteiger partial charge is 0.333 e. The highest BCUT2D eigenvalue weighted by Crippen LogP contribution is 2.48. The van der Waals surface area contributed by atoms with E-state index in [9.17, 15) is 9.59 Å². The van der Waals surface area contributed by atoms with Crippen molar-refractivity contribution in [3.63, 3.8) is 0 Å². The summed E-state index contributed by atoms with van der Waals surface area (Å²) in [5.74, 6) is 1.53. The number of nitrogens with zero attached hydrogens (tertiary/aromatic N) is 2. The quantitative estimate of drug-likeness (QED) is 0.813. The summed E-state index contributed by atoms with van der Waals surface area (Å²) >= 11 is 0. The van der Waals surface area contributed by atoms with Crippen LogP contribution in [0.5, 0.6) is 17.4 Å². The van der Waals surface area contributed by atoms with Crippen LogP contribution in [0.3, 0.4) is 0 Å². The summed E-state index contributed by atoms with van der Waals surface area (Å²) in [4.78, 5) is 25.1. The molecule has 1 aromatic carbocycles. The maximum Gasteiger partial charge on any atom is 0.333 e. The second-order valence-electron chi connectivity index (χ2n) is 6.39. The van der Waals surface area contributed by atoms with E-state index in [0.717, 1.165) is 10.1 Å². The third-order valence-electron chi connectivity index (χ3n) is 4.95. The number of rotatable bonds is 2. The molecule has 0 N–H and O–H groups in total. The number of aromatic nitrogens is 2. The van der Waals surface area contributed by atoms with Crippen molar-refractivity contribution in [3.8, 4) is 17.4 Å². The third-order valence-corrected chi connectivity index (χ3v) is 4.95. The Bertz CT molecular complexity index is 959. The molecule has 0 radical (unpaired) electrons. The van der Waals surface area contributed by atoms with Crippen molar-refractivity contribution < 1.29 is 14.2 Å². The predicted octanol–water partition coefficient (Wildman–Crippen LogP) is 1.02. The first kappa shape index (κ1) is 15.8. The molecule has 7 heteroatoms. The Morgan fingerprint density at radius 3 is 2.68 bits per heavy atom. The molecule has 0 saturated carbocycles. The van der Waals surface area contributed by atoms with E-state index in [0.29, 0.717) is 42.8 Å². The normalized spacial score (nSPS) is 20.6. The van der Waals surface area contributed by atoms with Crippen molar-refractivity contribution in [2.24, 2.45) is 20.0 Å². The highest BCUT2D eigenvalue weighted by molar-refractivity contribution is 5.54. The molecule has 0 bridgehead atoms. The highest BCUT2D eigenvalue weighted by atomic mass is 16.5. The van der Waals surface area contributed by atoms with Crippen LogP contribution in [0, 0.1) is 5.92 Å². The molecule has 0 amide bonds. The SMILES string of the molecule is CCOc1cccc2c1OC[C@H]1COc3c(c(=O)n(C)c(=O)n3C)[C@@H]21. The molecule has 0 unspecified atom stereocenters. The van der Waals surface area contributed by atoms with E-state index < -0.39 is 5.69 Å². The lowest BCUT2D eigenvalue weighted by Crippen LogP contribution is -2.46. The fourth-order valence-electron chi connectivity index (χ4n) is 3.76. The molecule has 2 aliphatic heterocycles. The standard InChI is InChI=1S/C18H20N2O5/c1-4-23-12-7-5-6-11-13-10(8-24-15(11)12)9-25-17-14(13)16(21)19(2)18(22)20(17)3/h5-7,10,13H,4,8-9H2,1-3H3/t10-,13+/m0/s1.